The Morgan fingerprint density at radius 2 is 1.02 bits per heavy atom. The summed E-state index contributed by atoms with van der Waals surface area (Å²) in [7, 11) is 0. The average molecular weight is 690 g/mol. The van der Waals surface area contributed by atoms with E-state index in [9.17, 15) is 0 Å². The van der Waals surface area contributed by atoms with Crippen LogP contribution < -0.4 is 4.90 Å². The molecule has 1 spiro atoms. The van der Waals surface area contributed by atoms with Crippen LogP contribution in [0.4, 0.5) is 11.4 Å². The fraction of sp³-hybridized carbons (Fsp3) is 0.0943. The first kappa shape index (κ1) is 31.1. The third kappa shape index (κ3) is 4.15. The molecule has 4 aliphatic carbocycles. The van der Waals surface area contributed by atoms with Crippen molar-refractivity contribution < 1.29 is 0 Å². The van der Waals surface area contributed by atoms with Gasteiger partial charge in [-0.2, -0.15) is 0 Å². The summed E-state index contributed by atoms with van der Waals surface area (Å²) in [6.45, 7) is 4.75. The molecule has 256 valence electrons. The van der Waals surface area contributed by atoms with Crippen molar-refractivity contribution in [3.05, 3.63) is 233 Å². The van der Waals surface area contributed by atoms with E-state index in [1.165, 1.54) is 89.3 Å². The van der Waals surface area contributed by atoms with E-state index >= 15 is 0 Å². The molecule has 11 rings (SSSR count). The SMILES string of the molecule is CC1(C)c2ccccc2-c2ccc(N(C3=CC=C(c4ccccc4)CC=C3)c3cccc4c3-c3ccccc3C43c4ccccc4-c4ccccc43)cc21. The summed E-state index contributed by atoms with van der Waals surface area (Å²) in [5.41, 5.74) is 21.7. The minimum absolute atomic E-state index is 0.117. The average Bonchev–Trinajstić information content (AvgIpc) is 3.67. The first-order valence-corrected chi connectivity index (χ1v) is 19.2. The first-order valence-electron chi connectivity index (χ1n) is 19.2. The minimum Gasteiger partial charge on any atom is -0.310 e. The topological polar surface area (TPSA) is 3.24 Å². The van der Waals surface area contributed by atoms with Gasteiger partial charge >= 0.3 is 0 Å². The van der Waals surface area contributed by atoms with Crippen LogP contribution in [-0.2, 0) is 10.8 Å². The molecule has 0 radical (unpaired) electrons. The van der Waals surface area contributed by atoms with Gasteiger partial charge in [-0.15, -0.1) is 0 Å². The van der Waals surface area contributed by atoms with Gasteiger partial charge in [0.25, 0.3) is 0 Å². The molecule has 0 aliphatic heterocycles. The Bertz CT molecular complexity index is 2730. The first-order chi connectivity index (χ1) is 26.6. The molecule has 0 saturated carbocycles. The highest BCUT2D eigenvalue weighted by Crippen LogP contribution is 2.64. The molecule has 7 aromatic rings. The molecule has 0 N–H and O–H groups in total. The molecule has 0 unspecified atom stereocenters. The fourth-order valence-corrected chi connectivity index (χ4v) is 10.2. The van der Waals surface area contributed by atoms with Gasteiger partial charge in [0, 0.05) is 22.4 Å². The minimum atomic E-state index is -0.406. The van der Waals surface area contributed by atoms with Crippen molar-refractivity contribution in [2.45, 2.75) is 31.1 Å². The Morgan fingerprint density at radius 1 is 0.463 bits per heavy atom. The van der Waals surface area contributed by atoms with Gasteiger partial charge < -0.3 is 4.90 Å². The second kappa shape index (κ2) is 11.5. The molecule has 0 bridgehead atoms. The highest BCUT2D eigenvalue weighted by Gasteiger charge is 2.52. The predicted molar refractivity (Wildman–Crippen MR) is 225 cm³/mol. The lowest BCUT2D eigenvalue weighted by atomic mass is 9.70. The van der Waals surface area contributed by atoms with E-state index in [0.29, 0.717) is 0 Å². The number of hydrogen-bond donors (Lipinski definition) is 0. The van der Waals surface area contributed by atoms with E-state index in [2.05, 4.69) is 207 Å². The molecule has 0 amide bonds. The smallest absolute Gasteiger partial charge is 0.0726 e. The molecule has 7 aromatic carbocycles. The van der Waals surface area contributed by atoms with E-state index in [0.717, 1.165) is 12.1 Å². The quantitative estimate of drug-likeness (QED) is 0.178. The second-order valence-corrected chi connectivity index (χ2v) is 15.6. The van der Waals surface area contributed by atoms with Crippen LogP contribution in [0.2, 0.25) is 0 Å². The van der Waals surface area contributed by atoms with Gasteiger partial charge in [-0.25, -0.2) is 0 Å². The fourth-order valence-electron chi connectivity index (χ4n) is 10.2. The maximum absolute atomic E-state index is 2.53. The summed E-state index contributed by atoms with van der Waals surface area (Å²) < 4.78 is 0. The number of hydrogen-bond acceptors (Lipinski definition) is 1. The normalized spacial score (nSPS) is 16.0. The molecule has 0 aromatic heterocycles. The number of nitrogens with zero attached hydrogens (tertiary/aromatic N) is 1. The van der Waals surface area contributed by atoms with Crippen molar-refractivity contribution in [3.8, 4) is 33.4 Å². The van der Waals surface area contributed by atoms with Crippen molar-refractivity contribution >= 4 is 16.9 Å². The van der Waals surface area contributed by atoms with E-state index in [-0.39, 0.29) is 5.41 Å². The summed E-state index contributed by atoms with van der Waals surface area (Å²) in [4.78, 5) is 2.53. The molecule has 54 heavy (non-hydrogen) atoms. The standard InChI is InChI=1S/C53H39N/c1-52(2)44-24-10-6-20-39(44)42-33-32-38(34-49(42)52)54(37-19-14-18-36(30-31-37)35-16-4-3-5-17-35)50-29-15-28-48-51(50)43-23-9-13-27-47(43)53(48)45-25-11-7-21-40(45)41-22-8-12-26-46(41)53/h3-17,19-34H,18H2,1-2H3. The largest absolute Gasteiger partial charge is 0.310 e. The molecule has 0 atom stereocenters. The lowest BCUT2D eigenvalue weighted by molar-refractivity contribution is 0.660. The molecule has 0 saturated heterocycles. The summed E-state index contributed by atoms with van der Waals surface area (Å²) in [5, 5.41) is 0. The molecule has 0 fully saturated rings. The van der Waals surface area contributed by atoms with Crippen LogP contribution in [0, 0.1) is 0 Å². The molecule has 4 aliphatic rings. The number of anilines is 2. The van der Waals surface area contributed by atoms with Gasteiger partial charge in [0.15, 0.2) is 0 Å². The van der Waals surface area contributed by atoms with Gasteiger partial charge in [0.2, 0.25) is 0 Å². The van der Waals surface area contributed by atoms with E-state index in [4.69, 9.17) is 0 Å². The Kier molecular flexibility index (Phi) is 6.64. The third-order valence-electron chi connectivity index (χ3n) is 12.5. The summed E-state index contributed by atoms with van der Waals surface area (Å²) in [5.74, 6) is 0. The van der Waals surface area contributed by atoms with E-state index < -0.39 is 5.41 Å². The number of fused-ring (bicyclic) bond motifs is 13. The molecular formula is C53H39N. The van der Waals surface area contributed by atoms with Crippen molar-refractivity contribution in [3.63, 3.8) is 0 Å². The Balaban J connectivity index is 1.19. The maximum Gasteiger partial charge on any atom is 0.0726 e. The Labute approximate surface area is 317 Å². The summed E-state index contributed by atoms with van der Waals surface area (Å²) >= 11 is 0. The summed E-state index contributed by atoms with van der Waals surface area (Å²) in [6.07, 6.45) is 10.2. The van der Waals surface area contributed by atoms with Crippen LogP contribution in [0.1, 0.15) is 59.2 Å². The highest BCUT2D eigenvalue weighted by atomic mass is 15.2. The molecular weight excluding hydrogens is 651 g/mol. The zero-order chi connectivity index (χ0) is 36.0. The molecule has 0 heterocycles. The van der Waals surface area contributed by atoms with Crippen molar-refractivity contribution in [2.24, 2.45) is 0 Å². The van der Waals surface area contributed by atoms with Crippen LogP contribution in [-0.4, -0.2) is 0 Å². The summed E-state index contributed by atoms with van der Waals surface area (Å²) in [6, 6.07) is 61.2. The molecule has 1 heteroatoms. The lowest BCUT2D eigenvalue weighted by Gasteiger charge is -2.32. The number of allylic oxidation sites excluding steroid dienone is 5. The lowest BCUT2D eigenvalue weighted by Crippen LogP contribution is -2.26. The van der Waals surface area contributed by atoms with Gasteiger partial charge in [-0.05, 0) is 109 Å². The number of rotatable bonds is 4. The monoisotopic (exact) mass is 689 g/mol. The van der Waals surface area contributed by atoms with Crippen molar-refractivity contribution in [1.82, 2.24) is 0 Å². The van der Waals surface area contributed by atoms with E-state index in [1.54, 1.807) is 0 Å². The molecule has 1 nitrogen and oxygen atoms in total. The van der Waals surface area contributed by atoms with Crippen LogP contribution in [0.25, 0.3) is 39.0 Å². The van der Waals surface area contributed by atoms with Gasteiger partial charge in [0.1, 0.15) is 0 Å². The van der Waals surface area contributed by atoms with Crippen molar-refractivity contribution in [2.75, 3.05) is 4.90 Å². The van der Waals surface area contributed by atoms with Gasteiger partial charge in [-0.1, -0.05) is 172 Å². The zero-order valence-electron chi connectivity index (χ0n) is 30.6. The maximum atomic E-state index is 2.53. The Morgan fingerprint density at radius 3 is 1.72 bits per heavy atom. The van der Waals surface area contributed by atoms with Gasteiger partial charge in [-0.3, -0.25) is 0 Å². The van der Waals surface area contributed by atoms with E-state index in [1.807, 2.05) is 0 Å². The predicted octanol–water partition coefficient (Wildman–Crippen LogP) is 13.4. The van der Waals surface area contributed by atoms with Crippen LogP contribution >= 0.6 is 0 Å². The third-order valence-corrected chi connectivity index (χ3v) is 12.5. The van der Waals surface area contributed by atoms with Crippen LogP contribution in [0.3, 0.4) is 0 Å². The second-order valence-electron chi connectivity index (χ2n) is 15.6. The zero-order valence-corrected chi connectivity index (χ0v) is 30.6. The Hall–Kier alpha value is -6.44. The van der Waals surface area contributed by atoms with Crippen LogP contribution in [0.15, 0.2) is 194 Å². The highest BCUT2D eigenvalue weighted by molar-refractivity contribution is 6.00. The number of benzene rings is 7. The van der Waals surface area contributed by atoms with Gasteiger partial charge in [0.05, 0.1) is 11.1 Å². The van der Waals surface area contributed by atoms with Crippen LogP contribution in [0.5, 0.6) is 0 Å². The van der Waals surface area contributed by atoms with Crippen molar-refractivity contribution in [1.29, 1.82) is 0 Å².